The van der Waals surface area contributed by atoms with Gasteiger partial charge in [-0.15, -0.1) is 0 Å². The Morgan fingerprint density at radius 2 is 2.07 bits per heavy atom. The number of hydrogen-bond acceptors (Lipinski definition) is 3. The molecule has 4 rings (SSSR count). The number of benzene rings is 2. The number of fused-ring (bicyclic) bond motifs is 2. The van der Waals surface area contributed by atoms with Crippen LogP contribution in [0.1, 0.15) is 34.7 Å². The normalized spacial score (nSPS) is 16.1. The molecule has 2 aromatic carbocycles. The maximum Gasteiger partial charge on any atom is 0.328 e. The van der Waals surface area contributed by atoms with E-state index < -0.39 is 5.97 Å². The minimum Gasteiger partial charge on any atom is -0.478 e. The number of carbonyl (C=O) groups is 1. The number of aromatic amines is 1. The molecule has 0 aliphatic heterocycles. The summed E-state index contributed by atoms with van der Waals surface area (Å²) in [6, 6.07) is 14.8. The van der Waals surface area contributed by atoms with Crippen molar-refractivity contribution in [1.29, 1.82) is 0 Å². The monoisotopic (exact) mass is 390 g/mol. The Kier molecular flexibility index (Phi) is 5.79. The molecule has 5 nitrogen and oxygen atoms in total. The highest BCUT2D eigenvalue weighted by Crippen LogP contribution is 2.36. The summed E-state index contributed by atoms with van der Waals surface area (Å²) in [6.45, 7) is 1.67. The summed E-state index contributed by atoms with van der Waals surface area (Å²) in [6.07, 6.45) is 7.83. The van der Waals surface area contributed by atoms with E-state index in [1.54, 1.807) is 6.08 Å². The topological polar surface area (TPSA) is 76.6 Å². The van der Waals surface area contributed by atoms with Gasteiger partial charge in [0, 0.05) is 42.3 Å². The van der Waals surface area contributed by atoms with E-state index in [0.717, 1.165) is 36.9 Å². The van der Waals surface area contributed by atoms with E-state index in [2.05, 4.69) is 46.4 Å². The molecule has 1 aromatic heterocycles. The molecular weight excluding hydrogens is 364 g/mol. The van der Waals surface area contributed by atoms with Crippen molar-refractivity contribution in [3.8, 4) is 0 Å². The molecule has 1 unspecified atom stereocenters. The molecule has 0 bridgehead atoms. The average Bonchev–Trinajstić information content (AvgIpc) is 3.33. The SMILES string of the molecule is O=C(O)/C=C/c1ccc2c(c1)CCC2N(CCO)CCc1c[nH]c2ccccc12. The van der Waals surface area contributed by atoms with Crippen LogP contribution < -0.4 is 0 Å². The lowest BCUT2D eigenvalue weighted by atomic mass is 10.0. The zero-order chi connectivity index (χ0) is 20.2. The zero-order valence-corrected chi connectivity index (χ0v) is 16.3. The third-order valence-electron chi connectivity index (χ3n) is 5.80. The lowest BCUT2D eigenvalue weighted by molar-refractivity contribution is -0.131. The second kappa shape index (κ2) is 8.64. The van der Waals surface area contributed by atoms with Crippen molar-refractivity contribution in [3.05, 3.63) is 77.0 Å². The molecule has 0 saturated carbocycles. The van der Waals surface area contributed by atoms with Gasteiger partial charge in [0.1, 0.15) is 0 Å². The Morgan fingerprint density at radius 3 is 2.90 bits per heavy atom. The second-order valence-corrected chi connectivity index (χ2v) is 7.55. The van der Waals surface area contributed by atoms with Gasteiger partial charge >= 0.3 is 5.97 Å². The Hall–Kier alpha value is -2.89. The zero-order valence-electron chi connectivity index (χ0n) is 16.3. The van der Waals surface area contributed by atoms with Crippen LogP contribution in [-0.2, 0) is 17.6 Å². The van der Waals surface area contributed by atoms with Gasteiger partial charge in [-0.25, -0.2) is 4.79 Å². The number of aryl methyl sites for hydroxylation is 1. The summed E-state index contributed by atoms with van der Waals surface area (Å²) < 4.78 is 0. The van der Waals surface area contributed by atoms with Gasteiger partial charge in [0.2, 0.25) is 0 Å². The second-order valence-electron chi connectivity index (χ2n) is 7.55. The number of rotatable bonds is 8. The molecule has 1 aliphatic carbocycles. The Balaban J connectivity index is 1.50. The first-order chi connectivity index (χ1) is 14.2. The summed E-state index contributed by atoms with van der Waals surface area (Å²) in [5.74, 6) is -0.935. The van der Waals surface area contributed by atoms with E-state index in [4.69, 9.17) is 5.11 Å². The number of aliphatic carboxylic acids is 1. The highest BCUT2D eigenvalue weighted by Gasteiger charge is 2.27. The van der Waals surface area contributed by atoms with Gasteiger partial charge in [0.15, 0.2) is 0 Å². The summed E-state index contributed by atoms with van der Waals surface area (Å²) in [4.78, 5) is 16.5. The molecule has 0 fully saturated rings. The number of carboxylic acid groups (broad SMARTS) is 1. The van der Waals surface area contributed by atoms with Crippen molar-refractivity contribution >= 4 is 22.9 Å². The van der Waals surface area contributed by atoms with E-state index in [1.165, 1.54) is 28.2 Å². The fourth-order valence-corrected chi connectivity index (χ4v) is 4.42. The molecule has 0 spiro atoms. The molecule has 3 aromatic rings. The summed E-state index contributed by atoms with van der Waals surface area (Å²) >= 11 is 0. The van der Waals surface area contributed by atoms with E-state index in [0.29, 0.717) is 12.6 Å². The van der Waals surface area contributed by atoms with Crippen molar-refractivity contribution in [1.82, 2.24) is 9.88 Å². The lowest BCUT2D eigenvalue weighted by Gasteiger charge is -2.29. The van der Waals surface area contributed by atoms with Gasteiger partial charge < -0.3 is 15.2 Å². The fourth-order valence-electron chi connectivity index (χ4n) is 4.42. The number of nitrogens with one attached hydrogen (secondary N) is 1. The van der Waals surface area contributed by atoms with Crippen molar-refractivity contribution < 1.29 is 15.0 Å². The number of para-hydroxylation sites is 1. The molecule has 3 N–H and O–H groups in total. The van der Waals surface area contributed by atoms with Gasteiger partial charge in [0.05, 0.1) is 6.61 Å². The van der Waals surface area contributed by atoms with Gasteiger partial charge in [-0.3, -0.25) is 4.90 Å². The predicted octanol–water partition coefficient (Wildman–Crippen LogP) is 3.79. The fraction of sp³-hybridized carbons (Fsp3) is 0.292. The van der Waals surface area contributed by atoms with E-state index in [-0.39, 0.29) is 6.61 Å². The highest BCUT2D eigenvalue weighted by atomic mass is 16.4. The first kappa shape index (κ1) is 19.4. The van der Waals surface area contributed by atoms with Crippen LogP contribution in [0, 0.1) is 0 Å². The molecule has 0 amide bonds. The van der Waals surface area contributed by atoms with Crippen molar-refractivity contribution in [2.75, 3.05) is 19.7 Å². The number of nitrogens with zero attached hydrogens (tertiary/aromatic N) is 1. The van der Waals surface area contributed by atoms with Gasteiger partial charge in [-0.05, 0) is 53.7 Å². The first-order valence-electron chi connectivity index (χ1n) is 10.1. The molecule has 150 valence electrons. The third-order valence-corrected chi connectivity index (χ3v) is 5.80. The highest BCUT2D eigenvalue weighted by molar-refractivity contribution is 5.85. The maximum atomic E-state index is 10.8. The smallest absolute Gasteiger partial charge is 0.328 e. The van der Waals surface area contributed by atoms with Gasteiger partial charge in [-0.2, -0.15) is 0 Å². The number of H-pyrrole nitrogens is 1. The molecule has 0 radical (unpaired) electrons. The third kappa shape index (κ3) is 4.26. The summed E-state index contributed by atoms with van der Waals surface area (Å²) in [7, 11) is 0. The molecule has 5 heteroatoms. The van der Waals surface area contributed by atoms with Gasteiger partial charge in [0.25, 0.3) is 0 Å². The molecular formula is C24H26N2O3. The van der Waals surface area contributed by atoms with Crippen LogP contribution in [0.3, 0.4) is 0 Å². The average molecular weight is 390 g/mol. The van der Waals surface area contributed by atoms with Crippen LogP contribution in [-0.4, -0.2) is 45.8 Å². The number of aliphatic hydroxyl groups is 1. The van der Waals surface area contributed by atoms with Gasteiger partial charge in [-0.1, -0.05) is 36.4 Å². The largest absolute Gasteiger partial charge is 0.478 e. The summed E-state index contributed by atoms with van der Waals surface area (Å²) in [5, 5.41) is 19.7. The summed E-state index contributed by atoms with van der Waals surface area (Å²) in [5.41, 5.74) is 5.95. The van der Waals surface area contributed by atoms with E-state index in [9.17, 15) is 9.90 Å². The van der Waals surface area contributed by atoms with Crippen LogP contribution in [0.15, 0.2) is 54.7 Å². The molecule has 29 heavy (non-hydrogen) atoms. The van der Waals surface area contributed by atoms with Crippen molar-refractivity contribution in [2.24, 2.45) is 0 Å². The van der Waals surface area contributed by atoms with E-state index >= 15 is 0 Å². The molecule has 1 atom stereocenters. The van der Waals surface area contributed by atoms with Crippen LogP contribution >= 0.6 is 0 Å². The number of carboxylic acids is 1. The quantitative estimate of drug-likeness (QED) is 0.512. The molecule has 1 aliphatic rings. The van der Waals surface area contributed by atoms with Crippen LogP contribution in [0.2, 0.25) is 0 Å². The Bertz CT molecular complexity index is 1040. The Labute approximate surface area is 170 Å². The van der Waals surface area contributed by atoms with Crippen molar-refractivity contribution in [3.63, 3.8) is 0 Å². The lowest BCUT2D eigenvalue weighted by Crippen LogP contribution is -2.32. The Morgan fingerprint density at radius 1 is 1.21 bits per heavy atom. The molecule has 0 saturated heterocycles. The van der Waals surface area contributed by atoms with Crippen LogP contribution in [0.5, 0.6) is 0 Å². The van der Waals surface area contributed by atoms with Crippen molar-refractivity contribution in [2.45, 2.75) is 25.3 Å². The number of aliphatic hydroxyl groups excluding tert-OH is 1. The standard InChI is InChI=1S/C24H26N2O3/c27-14-13-26(12-11-19-16-25-22-4-2-1-3-20(19)22)23-9-7-18-15-17(5-8-21(18)23)6-10-24(28)29/h1-6,8,10,15-16,23,25,27H,7,9,11-14H2,(H,28,29)/b10-6+. The van der Waals surface area contributed by atoms with E-state index in [1.807, 2.05) is 12.1 Å². The first-order valence-corrected chi connectivity index (χ1v) is 10.1. The minimum absolute atomic E-state index is 0.138. The maximum absolute atomic E-state index is 10.8. The molecule has 1 heterocycles. The number of hydrogen-bond donors (Lipinski definition) is 3. The van der Waals surface area contributed by atoms with Crippen LogP contribution in [0.4, 0.5) is 0 Å². The minimum atomic E-state index is -0.935. The number of aromatic nitrogens is 1. The predicted molar refractivity (Wildman–Crippen MR) is 115 cm³/mol. The van der Waals surface area contributed by atoms with Crippen LogP contribution in [0.25, 0.3) is 17.0 Å².